The van der Waals surface area contributed by atoms with E-state index >= 15 is 0 Å². The molecule has 2 aromatic carbocycles. The maximum absolute atomic E-state index is 13.8. The van der Waals surface area contributed by atoms with Crippen LogP contribution in [0.25, 0.3) is 0 Å². The standard InChI is InChI=1S/C28H35N3O6S/c1-18-20(10-7-11-22(18)32)25(34)29-21(16-19-8-5-4-6-9-19)23(33)26(35)31-17-38-28(2,3)24(31)27(36)30-12-14-37-15-13-30/h4-11,21,23-24,32-33H,12-17H2,1-3H3,(H,29,34)/t21-,23-,24-/m0/s1. The van der Waals surface area contributed by atoms with Crippen LogP contribution in [0.5, 0.6) is 5.75 Å². The van der Waals surface area contributed by atoms with Crippen LogP contribution in [-0.2, 0) is 20.7 Å². The van der Waals surface area contributed by atoms with E-state index in [0.717, 1.165) is 5.56 Å². The van der Waals surface area contributed by atoms with Gasteiger partial charge in [-0.3, -0.25) is 14.4 Å². The molecule has 0 bridgehead atoms. The van der Waals surface area contributed by atoms with Crippen molar-refractivity contribution in [2.24, 2.45) is 0 Å². The van der Waals surface area contributed by atoms with E-state index in [4.69, 9.17) is 4.74 Å². The normalized spacial score (nSPS) is 20.6. The average molecular weight is 542 g/mol. The van der Waals surface area contributed by atoms with Crippen molar-refractivity contribution in [1.82, 2.24) is 15.1 Å². The number of ether oxygens (including phenoxy) is 1. The predicted molar refractivity (Wildman–Crippen MR) is 145 cm³/mol. The van der Waals surface area contributed by atoms with Crippen molar-refractivity contribution in [2.45, 2.75) is 50.1 Å². The molecule has 3 amide bonds. The number of carbonyl (C=O) groups is 3. The maximum atomic E-state index is 13.8. The van der Waals surface area contributed by atoms with Gasteiger partial charge in [-0.1, -0.05) is 36.4 Å². The SMILES string of the molecule is Cc1c(O)cccc1C(=O)N[C@@H](Cc1ccccc1)[C@H](O)C(=O)N1CSC(C)(C)[C@@H]1C(=O)N1CCOCC1. The minimum atomic E-state index is -1.59. The number of aliphatic hydroxyl groups is 1. The second-order valence-electron chi connectivity index (χ2n) is 10.2. The fraction of sp³-hybridized carbons (Fsp3) is 0.464. The molecule has 38 heavy (non-hydrogen) atoms. The summed E-state index contributed by atoms with van der Waals surface area (Å²) in [5, 5.41) is 24.3. The summed E-state index contributed by atoms with van der Waals surface area (Å²) < 4.78 is 4.82. The molecule has 3 atom stereocenters. The Balaban J connectivity index is 1.59. The molecule has 4 rings (SSSR count). The predicted octanol–water partition coefficient (Wildman–Crippen LogP) is 1.94. The van der Waals surface area contributed by atoms with Crippen molar-refractivity contribution in [2.75, 3.05) is 32.2 Å². The van der Waals surface area contributed by atoms with Crippen molar-refractivity contribution in [3.63, 3.8) is 0 Å². The molecule has 2 heterocycles. The van der Waals surface area contributed by atoms with E-state index in [0.29, 0.717) is 31.9 Å². The fourth-order valence-corrected chi connectivity index (χ4v) is 6.04. The molecule has 3 N–H and O–H groups in total. The van der Waals surface area contributed by atoms with E-state index in [1.54, 1.807) is 24.0 Å². The molecule has 0 radical (unpaired) electrons. The third kappa shape index (κ3) is 5.98. The number of nitrogens with one attached hydrogen (secondary N) is 1. The molecule has 0 aromatic heterocycles. The summed E-state index contributed by atoms with van der Waals surface area (Å²) in [7, 11) is 0. The number of thioether (sulfide) groups is 1. The van der Waals surface area contributed by atoms with Crippen LogP contribution < -0.4 is 5.32 Å². The number of aromatic hydroxyl groups is 1. The van der Waals surface area contributed by atoms with Crippen LogP contribution in [-0.4, -0.2) is 92.8 Å². The Hall–Kier alpha value is -3.08. The lowest BCUT2D eigenvalue weighted by Gasteiger charge is -2.37. The summed E-state index contributed by atoms with van der Waals surface area (Å²) in [6, 6.07) is 12.2. The number of phenols is 1. The monoisotopic (exact) mass is 541 g/mol. The van der Waals surface area contributed by atoms with E-state index in [9.17, 15) is 24.6 Å². The van der Waals surface area contributed by atoms with Gasteiger partial charge in [0.25, 0.3) is 11.8 Å². The highest BCUT2D eigenvalue weighted by Gasteiger charge is 2.51. The van der Waals surface area contributed by atoms with Gasteiger partial charge in [-0.2, -0.15) is 0 Å². The number of benzene rings is 2. The molecule has 2 fully saturated rings. The van der Waals surface area contributed by atoms with Gasteiger partial charge in [0, 0.05) is 29.0 Å². The number of rotatable bonds is 7. The lowest BCUT2D eigenvalue weighted by atomic mass is 9.96. The number of hydrogen-bond donors (Lipinski definition) is 3. The van der Waals surface area contributed by atoms with Gasteiger partial charge >= 0.3 is 0 Å². The summed E-state index contributed by atoms with van der Waals surface area (Å²) in [4.78, 5) is 43.7. The Morgan fingerprint density at radius 3 is 2.47 bits per heavy atom. The number of morpholine rings is 1. The second kappa shape index (κ2) is 11.8. The lowest BCUT2D eigenvalue weighted by molar-refractivity contribution is -0.152. The molecule has 0 saturated carbocycles. The zero-order valence-corrected chi connectivity index (χ0v) is 22.7. The van der Waals surface area contributed by atoms with Crippen LogP contribution in [0.15, 0.2) is 48.5 Å². The number of nitrogens with zero attached hydrogens (tertiary/aromatic N) is 2. The van der Waals surface area contributed by atoms with Crippen LogP contribution in [0.2, 0.25) is 0 Å². The van der Waals surface area contributed by atoms with Crippen LogP contribution in [0, 0.1) is 6.92 Å². The van der Waals surface area contributed by atoms with Crippen molar-refractivity contribution >= 4 is 29.5 Å². The van der Waals surface area contributed by atoms with Gasteiger partial charge in [0.15, 0.2) is 6.10 Å². The molecular formula is C28H35N3O6S. The molecule has 2 saturated heterocycles. The van der Waals surface area contributed by atoms with Gasteiger partial charge < -0.3 is 30.1 Å². The fourth-order valence-electron chi connectivity index (χ4n) is 4.91. The third-order valence-corrected chi connectivity index (χ3v) is 8.56. The van der Waals surface area contributed by atoms with Crippen LogP contribution in [0.1, 0.15) is 35.3 Å². The first kappa shape index (κ1) is 27.9. The molecule has 10 heteroatoms. The zero-order chi connectivity index (χ0) is 27.4. The summed E-state index contributed by atoms with van der Waals surface area (Å²) in [5.41, 5.74) is 1.48. The van der Waals surface area contributed by atoms with Gasteiger partial charge in [0.1, 0.15) is 11.8 Å². The van der Waals surface area contributed by atoms with Gasteiger partial charge in [-0.15, -0.1) is 11.8 Å². The number of aliphatic hydroxyl groups excluding tert-OH is 1. The Kier molecular flexibility index (Phi) is 8.64. The topological polar surface area (TPSA) is 119 Å². The van der Waals surface area contributed by atoms with Crippen LogP contribution in [0.4, 0.5) is 0 Å². The van der Waals surface area contributed by atoms with Gasteiger partial charge in [-0.25, -0.2) is 0 Å². The van der Waals surface area contributed by atoms with Gasteiger partial charge in [0.2, 0.25) is 5.91 Å². The van der Waals surface area contributed by atoms with Crippen LogP contribution >= 0.6 is 11.8 Å². The van der Waals surface area contributed by atoms with E-state index in [2.05, 4.69) is 5.32 Å². The highest BCUT2D eigenvalue weighted by molar-refractivity contribution is 8.00. The summed E-state index contributed by atoms with van der Waals surface area (Å²) >= 11 is 1.48. The number of phenolic OH excluding ortho intramolecular Hbond substituents is 1. The van der Waals surface area contributed by atoms with E-state index in [1.165, 1.54) is 22.7 Å². The largest absolute Gasteiger partial charge is 0.508 e. The minimum absolute atomic E-state index is 0.0188. The molecule has 9 nitrogen and oxygen atoms in total. The molecule has 204 valence electrons. The quantitative estimate of drug-likeness (QED) is 0.490. The summed E-state index contributed by atoms with van der Waals surface area (Å²) in [6.45, 7) is 7.28. The molecule has 0 unspecified atom stereocenters. The molecular weight excluding hydrogens is 506 g/mol. The van der Waals surface area contributed by atoms with Gasteiger partial charge in [0.05, 0.1) is 25.1 Å². The van der Waals surface area contributed by atoms with Crippen molar-refractivity contribution < 1.29 is 29.3 Å². The number of amides is 3. The Bertz CT molecular complexity index is 1170. The van der Waals surface area contributed by atoms with Gasteiger partial charge in [-0.05, 0) is 44.9 Å². The van der Waals surface area contributed by atoms with Crippen molar-refractivity contribution in [1.29, 1.82) is 0 Å². The second-order valence-corrected chi connectivity index (χ2v) is 11.8. The molecule has 2 aliphatic rings. The third-order valence-electron chi connectivity index (χ3n) is 7.18. The zero-order valence-electron chi connectivity index (χ0n) is 21.9. The van der Waals surface area contributed by atoms with E-state index in [1.807, 2.05) is 44.2 Å². The maximum Gasteiger partial charge on any atom is 0.254 e. The number of carbonyl (C=O) groups excluding carboxylic acids is 3. The molecule has 2 aliphatic heterocycles. The first-order chi connectivity index (χ1) is 18.1. The lowest BCUT2D eigenvalue weighted by Crippen LogP contribution is -2.60. The van der Waals surface area contributed by atoms with Crippen molar-refractivity contribution in [3.05, 3.63) is 65.2 Å². The minimum Gasteiger partial charge on any atom is -0.508 e. The first-order valence-corrected chi connectivity index (χ1v) is 13.7. The highest BCUT2D eigenvalue weighted by Crippen LogP contribution is 2.40. The Morgan fingerprint density at radius 1 is 1.11 bits per heavy atom. The average Bonchev–Trinajstić information content (AvgIpc) is 3.24. The van der Waals surface area contributed by atoms with E-state index < -0.39 is 34.7 Å². The molecule has 0 aliphatic carbocycles. The van der Waals surface area contributed by atoms with E-state index in [-0.39, 0.29) is 29.5 Å². The summed E-state index contributed by atoms with van der Waals surface area (Å²) in [5.74, 6) is -1.05. The highest BCUT2D eigenvalue weighted by atomic mass is 32.2. The molecule has 2 aromatic rings. The first-order valence-electron chi connectivity index (χ1n) is 12.7. The molecule has 0 spiro atoms. The van der Waals surface area contributed by atoms with Crippen LogP contribution in [0.3, 0.4) is 0 Å². The smallest absolute Gasteiger partial charge is 0.254 e. The number of hydrogen-bond acceptors (Lipinski definition) is 7. The summed E-state index contributed by atoms with van der Waals surface area (Å²) in [6.07, 6.45) is -1.39. The Labute approximate surface area is 227 Å². The van der Waals surface area contributed by atoms with Crippen molar-refractivity contribution in [3.8, 4) is 5.75 Å². The Morgan fingerprint density at radius 2 is 1.79 bits per heavy atom.